The molecule has 134 valence electrons. The maximum atomic E-state index is 11.3. The highest BCUT2D eigenvalue weighted by Gasteiger charge is 2.46. The molecule has 0 spiro atoms. The van der Waals surface area contributed by atoms with Crippen LogP contribution in [-0.2, 0) is 4.79 Å². The van der Waals surface area contributed by atoms with Crippen LogP contribution in [0.15, 0.2) is 65.8 Å². The van der Waals surface area contributed by atoms with Gasteiger partial charge in [-0.15, -0.1) is 0 Å². The van der Waals surface area contributed by atoms with Gasteiger partial charge in [0.2, 0.25) is 0 Å². The molecule has 0 aromatic heterocycles. The second kappa shape index (κ2) is 7.28. The number of carboxylic acid groups (broad SMARTS) is 1. The van der Waals surface area contributed by atoms with Crippen molar-refractivity contribution < 1.29 is 15.0 Å². The van der Waals surface area contributed by atoms with Crippen molar-refractivity contribution in [3.63, 3.8) is 0 Å². The van der Waals surface area contributed by atoms with Crippen molar-refractivity contribution in [1.82, 2.24) is 0 Å². The molecule has 2 atom stereocenters. The lowest BCUT2D eigenvalue weighted by molar-refractivity contribution is -0.131. The molecule has 0 aliphatic heterocycles. The Kier molecular flexibility index (Phi) is 5.53. The second-order valence-electron chi connectivity index (χ2n) is 7.38. The van der Waals surface area contributed by atoms with E-state index in [1.807, 2.05) is 51.1 Å². The molecule has 25 heavy (non-hydrogen) atoms. The topological polar surface area (TPSA) is 69.6 Å². The zero-order chi connectivity index (χ0) is 18.7. The van der Waals surface area contributed by atoms with Gasteiger partial charge in [0.15, 0.2) is 0 Å². The predicted molar refractivity (Wildman–Crippen MR) is 101 cm³/mol. The van der Waals surface area contributed by atoms with E-state index >= 15 is 0 Å². The Hall–Kier alpha value is -2.33. The zero-order valence-corrected chi connectivity index (χ0v) is 15.3. The number of anilines is 1. The molecule has 4 heteroatoms. The van der Waals surface area contributed by atoms with Gasteiger partial charge in [0.05, 0.1) is 0 Å². The molecular weight excluding hydrogens is 314 g/mol. The van der Waals surface area contributed by atoms with Gasteiger partial charge in [-0.2, -0.15) is 0 Å². The van der Waals surface area contributed by atoms with Gasteiger partial charge >= 0.3 is 5.97 Å². The molecule has 1 aromatic rings. The van der Waals surface area contributed by atoms with Crippen LogP contribution in [-0.4, -0.2) is 27.8 Å². The van der Waals surface area contributed by atoms with Crippen LogP contribution in [0, 0.1) is 5.41 Å². The normalized spacial score (nSPS) is 26.4. The van der Waals surface area contributed by atoms with E-state index in [0.29, 0.717) is 5.57 Å². The van der Waals surface area contributed by atoms with Crippen LogP contribution in [0.2, 0.25) is 0 Å². The number of aliphatic carboxylic acids is 1. The van der Waals surface area contributed by atoms with Gasteiger partial charge in [-0.25, -0.2) is 4.79 Å². The first-order valence-corrected chi connectivity index (χ1v) is 8.47. The van der Waals surface area contributed by atoms with Gasteiger partial charge in [-0.1, -0.05) is 44.2 Å². The average molecular weight is 341 g/mol. The fraction of sp³-hybridized carbons (Fsp3) is 0.381. The molecule has 0 heterocycles. The summed E-state index contributed by atoms with van der Waals surface area (Å²) in [4.78, 5) is 10.8. The van der Waals surface area contributed by atoms with E-state index in [4.69, 9.17) is 5.11 Å². The van der Waals surface area contributed by atoms with E-state index in [1.54, 1.807) is 19.1 Å². The number of para-hydroxylation sites is 1. The predicted octanol–water partition coefficient (Wildman–Crippen LogP) is 4.16. The first-order valence-electron chi connectivity index (χ1n) is 8.47. The summed E-state index contributed by atoms with van der Waals surface area (Å²) in [6, 6.07) is 10.1. The van der Waals surface area contributed by atoms with Crippen molar-refractivity contribution in [3.05, 3.63) is 65.8 Å². The Balaban J connectivity index is 2.26. The molecule has 0 fully saturated rings. The van der Waals surface area contributed by atoms with Crippen LogP contribution >= 0.6 is 0 Å². The Labute approximate surface area is 149 Å². The highest BCUT2D eigenvalue weighted by molar-refractivity contribution is 5.81. The maximum absolute atomic E-state index is 11.3. The Morgan fingerprint density at radius 2 is 1.92 bits per heavy atom. The molecule has 0 saturated heterocycles. The Morgan fingerprint density at radius 3 is 2.48 bits per heavy atom. The monoisotopic (exact) mass is 341 g/mol. The van der Waals surface area contributed by atoms with Crippen molar-refractivity contribution in [2.24, 2.45) is 5.41 Å². The number of benzene rings is 1. The molecule has 0 saturated carbocycles. The lowest BCUT2D eigenvalue weighted by atomic mass is 9.63. The van der Waals surface area contributed by atoms with Crippen molar-refractivity contribution in [1.29, 1.82) is 0 Å². The van der Waals surface area contributed by atoms with E-state index in [-0.39, 0.29) is 6.04 Å². The highest BCUT2D eigenvalue weighted by atomic mass is 16.4. The smallest absolute Gasteiger partial charge is 0.328 e. The third-order valence-corrected chi connectivity index (χ3v) is 4.88. The van der Waals surface area contributed by atoms with Crippen molar-refractivity contribution in [3.8, 4) is 0 Å². The highest BCUT2D eigenvalue weighted by Crippen LogP contribution is 2.45. The summed E-state index contributed by atoms with van der Waals surface area (Å²) >= 11 is 0. The average Bonchev–Trinajstić information content (AvgIpc) is 2.51. The molecule has 2 rings (SSSR count). The van der Waals surface area contributed by atoms with Crippen LogP contribution < -0.4 is 5.32 Å². The molecule has 0 bridgehead atoms. The quantitative estimate of drug-likeness (QED) is 0.427. The number of rotatable bonds is 5. The lowest BCUT2D eigenvalue weighted by Gasteiger charge is -2.47. The number of hydrogen-bond acceptors (Lipinski definition) is 3. The molecule has 1 aliphatic rings. The van der Waals surface area contributed by atoms with E-state index < -0.39 is 17.0 Å². The van der Waals surface area contributed by atoms with E-state index in [1.165, 1.54) is 0 Å². The summed E-state index contributed by atoms with van der Waals surface area (Å²) in [5.41, 5.74) is 0.979. The number of allylic oxidation sites excluding steroid dienone is 2. The first-order chi connectivity index (χ1) is 11.6. The van der Waals surface area contributed by atoms with Gasteiger partial charge < -0.3 is 15.5 Å². The summed E-state index contributed by atoms with van der Waals surface area (Å²) in [7, 11) is 0. The van der Waals surface area contributed by atoms with Crippen LogP contribution in [0.4, 0.5) is 5.69 Å². The number of hydrogen-bond donors (Lipinski definition) is 3. The van der Waals surface area contributed by atoms with Crippen LogP contribution in [0.25, 0.3) is 0 Å². The third-order valence-electron chi connectivity index (χ3n) is 4.88. The van der Waals surface area contributed by atoms with E-state index in [0.717, 1.165) is 23.8 Å². The Morgan fingerprint density at radius 1 is 1.28 bits per heavy atom. The summed E-state index contributed by atoms with van der Waals surface area (Å²) < 4.78 is 0. The molecule has 0 radical (unpaired) electrons. The minimum absolute atomic E-state index is 0.127. The molecule has 4 nitrogen and oxygen atoms in total. The minimum Gasteiger partial charge on any atom is -0.478 e. The largest absolute Gasteiger partial charge is 0.478 e. The van der Waals surface area contributed by atoms with Gasteiger partial charge in [0.1, 0.15) is 5.60 Å². The van der Waals surface area contributed by atoms with Gasteiger partial charge in [-0.3, -0.25) is 0 Å². The fourth-order valence-electron chi connectivity index (χ4n) is 3.42. The third kappa shape index (κ3) is 4.40. The SMILES string of the molecule is CC1=CC(Nc2ccccc2)CC(C)(C)C1(O)/C=C/C(C)=C\C(=O)O. The number of aliphatic hydroxyl groups is 1. The molecular formula is C21H27NO3. The number of nitrogens with one attached hydrogen (secondary N) is 1. The molecule has 3 N–H and O–H groups in total. The summed E-state index contributed by atoms with van der Waals surface area (Å²) in [5.74, 6) is -0.989. The molecule has 1 aliphatic carbocycles. The van der Waals surface area contributed by atoms with Crippen LogP contribution in [0.1, 0.15) is 34.1 Å². The van der Waals surface area contributed by atoms with Gasteiger partial charge in [0.25, 0.3) is 0 Å². The van der Waals surface area contributed by atoms with Gasteiger partial charge in [-0.05, 0) is 49.6 Å². The first kappa shape index (κ1) is 19.0. The summed E-state index contributed by atoms with van der Waals surface area (Å²) in [6.07, 6.45) is 7.33. The van der Waals surface area contributed by atoms with E-state index in [9.17, 15) is 9.90 Å². The molecule has 1 aromatic carbocycles. The minimum atomic E-state index is -1.12. The summed E-state index contributed by atoms with van der Waals surface area (Å²) in [5, 5.41) is 23.6. The summed E-state index contributed by atoms with van der Waals surface area (Å²) in [6.45, 7) is 7.69. The van der Waals surface area contributed by atoms with Gasteiger partial charge in [0, 0.05) is 23.2 Å². The standard InChI is InChI=1S/C21H27NO3/c1-15(12-19(23)24)10-11-21(25)16(2)13-18(14-20(21,3)4)22-17-8-6-5-7-9-17/h5-13,18,22,25H,14H2,1-4H3,(H,23,24)/b11-10+,15-12-. The maximum Gasteiger partial charge on any atom is 0.328 e. The van der Waals surface area contributed by atoms with Crippen LogP contribution in [0.3, 0.4) is 0 Å². The fourth-order valence-corrected chi connectivity index (χ4v) is 3.42. The zero-order valence-electron chi connectivity index (χ0n) is 15.3. The second-order valence-corrected chi connectivity index (χ2v) is 7.38. The van der Waals surface area contributed by atoms with E-state index in [2.05, 4.69) is 11.4 Å². The number of carboxylic acids is 1. The van der Waals surface area contributed by atoms with Crippen molar-refractivity contribution in [2.45, 2.75) is 45.8 Å². The Bertz CT molecular complexity index is 716. The van der Waals surface area contributed by atoms with Crippen molar-refractivity contribution >= 4 is 11.7 Å². The lowest BCUT2D eigenvalue weighted by Crippen LogP contribution is -2.50. The van der Waals surface area contributed by atoms with Crippen LogP contribution in [0.5, 0.6) is 0 Å². The van der Waals surface area contributed by atoms with Crippen molar-refractivity contribution in [2.75, 3.05) is 5.32 Å². The molecule has 2 unspecified atom stereocenters. The molecule has 0 amide bonds. The number of carbonyl (C=O) groups is 1.